The molecule has 0 bridgehead atoms. The maximum Gasteiger partial charge on any atom is 0.133 e. The lowest BCUT2D eigenvalue weighted by atomic mass is 10.2. The Morgan fingerprint density at radius 1 is 1.55 bits per heavy atom. The van der Waals surface area contributed by atoms with Crippen LogP contribution in [0, 0.1) is 0 Å². The van der Waals surface area contributed by atoms with Crippen LogP contribution in [0.1, 0.15) is 32.8 Å². The van der Waals surface area contributed by atoms with Crippen molar-refractivity contribution in [1.82, 2.24) is 10.3 Å². The van der Waals surface area contributed by atoms with Crippen LogP contribution in [0.25, 0.3) is 0 Å². The molecular formula is C15H24BrN3O. The minimum atomic E-state index is 0.258. The smallest absolute Gasteiger partial charge is 0.133 e. The Bertz CT molecular complexity index is 439. The average molecular weight is 342 g/mol. The van der Waals surface area contributed by atoms with Crippen molar-refractivity contribution >= 4 is 21.7 Å². The van der Waals surface area contributed by atoms with Crippen LogP contribution >= 0.6 is 15.9 Å². The van der Waals surface area contributed by atoms with Gasteiger partial charge in [0.05, 0.1) is 6.10 Å². The Kier molecular flexibility index (Phi) is 5.81. The van der Waals surface area contributed by atoms with Gasteiger partial charge in [-0.2, -0.15) is 0 Å². The van der Waals surface area contributed by atoms with Crippen LogP contribution in [0.15, 0.2) is 16.7 Å². The Hall–Kier alpha value is -0.650. The van der Waals surface area contributed by atoms with Crippen molar-refractivity contribution in [2.45, 2.75) is 45.9 Å². The van der Waals surface area contributed by atoms with Gasteiger partial charge in [0.2, 0.25) is 0 Å². The van der Waals surface area contributed by atoms with E-state index >= 15 is 0 Å². The molecule has 0 radical (unpaired) electrons. The molecule has 112 valence electrons. The predicted octanol–water partition coefficient (Wildman–Crippen LogP) is 2.96. The first-order valence-corrected chi connectivity index (χ1v) is 8.10. The highest BCUT2D eigenvalue weighted by Gasteiger charge is 2.19. The second kappa shape index (κ2) is 7.38. The molecule has 1 aromatic rings. The van der Waals surface area contributed by atoms with Crippen molar-refractivity contribution in [2.75, 3.05) is 24.6 Å². The van der Waals surface area contributed by atoms with Gasteiger partial charge in [0.15, 0.2) is 0 Å². The number of nitrogens with zero attached hydrogens (tertiary/aromatic N) is 2. The first-order chi connectivity index (χ1) is 9.56. The zero-order chi connectivity index (χ0) is 14.5. The lowest BCUT2D eigenvalue weighted by Crippen LogP contribution is -2.32. The highest BCUT2D eigenvalue weighted by Crippen LogP contribution is 2.23. The molecule has 0 saturated carbocycles. The fourth-order valence-electron chi connectivity index (χ4n) is 2.39. The summed E-state index contributed by atoms with van der Waals surface area (Å²) in [5, 5.41) is 3.48. The summed E-state index contributed by atoms with van der Waals surface area (Å²) in [5.74, 6) is 1.08. The normalized spacial score (nSPS) is 20.2. The molecule has 1 aliphatic heterocycles. The number of halogens is 1. The van der Waals surface area contributed by atoms with Crippen molar-refractivity contribution in [3.8, 4) is 0 Å². The van der Waals surface area contributed by atoms with Gasteiger partial charge in [-0.05, 0) is 35.3 Å². The Morgan fingerprint density at radius 3 is 3.10 bits per heavy atom. The number of pyridine rings is 1. The van der Waals surface area contributed by atoms with E-state index in [-0.39, 0.29) is 6.10 Å². The molecule has 5 heteroatoms. The summed E-state index contributed by atoms with van der Waals surface area (Å²) in [6, 6.07) is 2.63. The topological polar surface area (TPSA) is 37.4 Å². The third-order valence-electron chi connectivity index (χ3n) is 3.36. The minimum Gasteiger partial charge on any atom is -0.377 e. The molecule has 1 aromatic heterocycles. The van der Waals surface area contributed by atoms with Crippen molar-refractivity contribution in [3.05, 3.63) is 22.3 Å². The molecule has 1 fully saturated rings. The molecule has 20 heavy (non-hydrogen) atoms. The van der Waals surface area contributed by atoms with Crippen LogP contribution in [0.2, 0.25) is 0 Å². The molecule has 0 spiro atoms. The molecule has 0 aliphatic carbocycles. The maximum absolute atomic E-state index is 5.72. The highest BCUT2D eigenvalue weighted by atomic mass is 79.9. The molecule has 4 nitrogen and oxygen atoms in total. The third-order valence-corrected chi connectivity index (χ3v) is 3.80. The standard InChI is InChI=1S/C15H24BrN3O/c1-11(2)17-8-13-7-14(16)9-18-15(13)19-5-4-6-20-12(3)10-19/h7,9,11-12,17H,4-6,8,10H2,1-3H3. The number of nitrogens with one attached hydrogen (secondary N) is 1. The number of hydrogen-bond donors (Lipinski definition) is 1. The van der Waals surface area contributed by atoms with E-state index in [1.54, 1.807) is 0 Å². The van der Waals surface area contributed by atoms with Crippen molar-refractivity contribution in [3.63, 3.8) is 0 Å². The van der Waals surface area contributed by atoms with Gasteiger partial charge in [0.1, 0.15) is 5.82 Å². The van der Waals surface area contributed by atoms with Gasteiger partial charge in [-0.25, -0.2) is 4.98 Å². The Balaban J connectivity index is 2.20. The van der Waals surface area contributed by atoms with Crippen LogP contribution in [0.5, 0.6) is 0 Å². The van der Waals surface area contributed by atoms with Gasteiger partial charge >= 0.3 is 0 Å². The van der Waals surface area contributed by atoms with E-state index in [9.17, 15) is 0 Å². The van der Waals surface area contributed by atoms with E-state index in [4.69, 9.17) is 4.74 Å². The molecule has 1 unspecified atom stereocenters. The van der Waals surface area contributed by atoms with E-state index in [0.717, 1.165) is 43.0 Å². The lowest BCUT2D eigenvalue weighted by Gasteiger charge is -2.26. The second-order valence-electron chi connectivity index (χ2n) is 5.65. The number of aromatic nitrogens is 1. The van der Waals surface area contributed by atoms with Gasteiger partial charge in [0, 0.05) is 48.5 Å². The minimum absolute atomic E-state index is 0.258. The van der Waals surface area contributed by atoms with E-state index in [1.807, 2.05) is 6.20 Å². The van der Waals surface area contributed by atoms with Gasteiger partial charge in [-0.3, -0.25) is 0 Å². The number of anilines is 1. The number of hydrogen-bond acceptors (Lipinski definition) is 4. The van der Waals surface area contributed by atoms with Crippen molar-refractivity contribution < 1.29 is 4.74 Å². The third kappa shape index (κ3) is 4.43. The largest absolute Gasteiger partial charge is 0.377 e. The zero-order valence-electron chi connectivity index (χ0n) is 12.5. The predicted molar refractivity (Wildman–Crippen MR) is 86.2 cm³/mol. The lowest BCUT2D eigenvalue weighted by molar-refractivity contribution is 0.0820. The molecular weight excluding hydrogens is 318 g/mol. The maximum atomic E-state index is 5.72. The second-order valence-corrected chi connectivity index (χ2v) is 6.57. The quantitative estimate of drug-likeness (QED) is 0.913. The molecule has 1 N–H and O–H groups in total. The summed E-state index contributed by atoms with van der Waals surface area (Å²) in [5.41, 5.74) is 1.24. The van der Waals surface area contributed by atoms with E-state index in [2.05, 4.69) is 58.0 Å². The molecule has 2 heterocycles. The fourth-order valence-corrected chi connectivity index (χ4v) is 2.77. The Morgan fingerprint density at radius 2 is 2.35 bits per heavy atom. The molecule has 1 saturated heterocycles. The summed E-state index contributed by atoms with van der Waals surface area (Å²) in [4.78, 5) is 6.99. The zero-order valence-corrected chi connectivity index (χ0v) is 14.1. The van der Waals surface area contributed by atoms with Crippen molar-refractivity contribution in [2.24, 2.45) is 0 Å². The highest BCUT2D eigenvalue weighted by molar-refractivity contribution is 9.10. The fraction of sp³-hybridized carbons (Fsp3) is 0.667. The summed E-state index contributed by atoms with van der Waals surface area (Å²) < 4.78 is 6.75. The molecule has 2 rings (SSSR count). The summed E-state index contributed by atoms with van der Waals surface area (Å²) in [6.07, 6.45) is 3.19. The summed E-state index contributed by atoms with van der Waals surface area (Å²) >= 11 is 3.52. The first kappa shape index (κ1) is 15.7. The van der Waals surface area contributed by atoms with Gasteiger partial charge in [0.25, 0.3) is 0 Å². The van der Waals surface area contributed by atoms with E-state index in [0.29, 0.717) is 6.04 Å². The van der Waals surface area contributed by atoms with Crippen LogP contribution in [-0.2, 0) is 11.3 Å². The first-order valence-electron chi connectivity index (χ1n) is 7.30. The molecule has 1 aliphatic rings. The summed E-state index contributed by atoms with van der Waals surface area (Å²) in [7, 11) is 0. The van der Waals surface area contributed by atoms with Crippen LogP contribution in [0.4, 0.5) is 5.82 Å². The van der Waals surface area contributed by atoms with Crippen LogP contribution in [-0.4, -0.2) is 36.8 Å². The monoisotopic (exact) mass is 341 g/mol. The van der Waals surface area contributed by atoms with Crippen molar-refractivity contribution in [1.29, 1.82) is 0 Å². The average Bonchev–Trinajstić information content (AvgIpc) is 2.61. The number of ether oxygens (including phenoxy) is 1. The van der Waals surface area contributed by atoms with Gasteiger partial charge in [-0.1, -0.05) is 13.8 Å². The Labute approximate surface area is 130 Å². The van der Waals surface area contributed by atoms with E-state index < -0.39 is 0 Å². The summed E-state index contributed by atoms with van der Waals surface area (Å²) in [6.45, 7) is 10.0. The number of rotatable bonds is 4. The van der Waals surface area contributed by atoms with Gasteiger partial charge in [-0.15, -0.1) is 0 Å². The molecule has 0 aromatic carbocycles. The van der Waals surface area contributed by atoms with Crippen LogP contribution in [0.3, 0.4) is 0 Å². The van der Waals surface area contributed by atoms with Gasteiger partial charge < -0.3 is 15.0 Å². The van der Waals surface area contributed by atoms with Crippen LogP contribution < -0.4 is 10.2 Å². The SMILES string of the molecule is CC(C)NCc1cc(Br)cnc1N1CCCOC(C)C1. The molecule has 1 atom stereocenters. The van der Waals surface area contributed by atoms with E-state index in [1.165, 1.54) is 5.56 Å². The molecule has 0 amide bonds.